The van der Waals surface area contributed by atoms with Crippen molar-refractivity contribution in [3.63, 3.8) is 0 Å². The van der Waals surface area contributed by atoms with E-state index in [9.17, 15) is 13.2 Å². The van der Waals surface area contributed by atoms with Gasteiger partial charge in [-0.25, -0.2) is 8.42 Å². The maximum Gasteiger partial charge on any atom is 0.261 e. The summed E-state index contributed by atoms with van der Waals surface area (Å²) < 4.78 is 28.0. The number of benzene rings is 2. The van der Waals surface area contributed by atoms with Crippen LogP contribution in [-0.4, -0.2) is 20.9 Å². The van der Waals surface area contributed by atoms with E-state index in [1.54, 1.807) is 35.2 Å². The highest BCUT2D eigenvalue weighted by atomic mass is 32.2. The molecular formula is C20H24N2O3S. The van der Waals surface area contributed by atoms with Crippen LogP contribution in [-0.2, 0) is 27.7 Å². The highest BCUT2D eigenvalue weighted by Crippen LogP contribution is 2.30. The van der Waals surface area contributed by atoms with Crippen molar-refractivity contribution in [3.8, 4) is 0 Å². The van der Waals surface area contributed by atoms with E-state index in [2.05, 4.69) is 11.6 Å². The Morgan fingerprint density at radius 3 is 2.54 bits per heavy atom. The van der Waals surface area contributed by atoms with Gasteiger partial charge < -0.3 is 4.90 Å². The van der Waals surface area contributed by atoms with Crippen molar-refractivity contribution in [2.45, 2.75) is 44.4 Å². The van der Waals surface area contributed by atoms with E-state index >= 15 is 0 Å². The monoisotopic (exact) mass is 372 g/mol. The fraction of sp³-hybridized carbons (Fsp3) is 0.350. The lowest BCUT2D eigenvalue weighted by Gasteiger charge is -2.15. The molecule has 1 aliphatic heterocycles. The number of hydrogen-bond acceptors (Lipinski definition) is 3. The van der Waals surface area contributed by atoms with Crippen molar-refractivity contribution in [1.29, 1.82) is 0 Å². The van der Waals surface area contributed by atoms with Gasteiger partial charge in [-0.1, -0.05) is 25.5 Å². The maximum atomic E-state index is 12.7. The molecule has 0 spiro atoms. The van der Waals surface area contributed by atoms with Gasteiger partial charge in [0.05, 0.1) is 4.90 Å². The number of nitrogens with one attached hydrogen (secondary N) is 1. The van der Waals surface area contributed by atoms with E-state index in [0.717, 1.165) is 30.5 Å². The topological polar surface area (TPSA) is 66.5 Å². The molecule has 138 valence electrons. The van der Waals surface area contributed by atoms with Crippen LogP contribution in [0.3, 0.4) is 0 Å². The second-order valence-corrected chi connectivity index (χ2v) is 8.30. The molecule has 6 heteroatoms. The average molecular weight is 372 g/mol. The predicted molar refractivity (Wildman–Crippen MR) is 104 cm³/mol. The van der Waals surface area contributed by atoms with Crippen molar-refractivity contribution in [1.82, 2.24) is 0 Å². The second-order valence-electron chi connectivity index (χ2n) is 6.62. The summed E-state index contributed by atoms with van der Waals surface area (Å²) in [5, 5.41) is 0. The third-order valence-corrected chi connectivity index (χ3v) is 6.04. The molecule has 1 aliphatic rings. The molecule has 0 aromatic heterocycles. The molecule has 0 saturated carbocycles. The van der Waals surface area contributed by atoms with Crippen molar-refractivity contribution >= 4 is 27.3 Å². The van der Waals surface area contributed by atoms with Crippen LogP contribution in [0.4, 0.5) is 11.4 Å². The molecular weight excluding hydrogens is 348 g/mol. The lowest BCUT2D eigenvalue weighted by Crippen LogP contribution is -2.25. The molecule has 26 heavy (non-hydrogen) atoms. The Kier molecular flexibility index (Phi) is 5.32. The molecule has 3 rings (SSSR count). The van der Waals surface area contributed by atoms with Crippen LogP contribution in [0.5, 0.6) is 0 Å². The number of amides is 1. The van der Waals surface area contributed by atoms with Crippen LogP contribution in [0.2, 0.25) is 0 Å². The van der Waals surface area contributed by atoms with Crippen molar-refractivity contribution in [2.75, 3.05) is 16.2 Å². The quantitative estimate of drug-likeness (QED) is 0.840. The van der Waals surface area contributed by atoms with Gasteiger partial charge in [0.25, 0.3) is 10.0 Å². The van der Waals surface area contributed by atoms with Gasteiger partial charge in [0.15, 0.2) is 0 Å². The van der Waals surface area contributed by atoms with Crippen LogP contribution >= 0.6 is 0 Å². The van der Waals surface area contributed by atoms with Crippen molar-refractivity contribution in [2.24, 2.45) is 0 Å². The lowest BCUT2D eigenvalue weighted by molar-refractivity contribution is -0.116. The van der Waals surface area contributed by atoms with Crippen LogP contribution in [0.15, 0.2) is 47.4 Å². The number of anilines is 2. The molecule has 2 aromatic rings. The summed E-state index contributed by atoms with van der Waals surface area (Å²) in [6, 6.07) is 12.4. The van der Waals surface area contributed by atoms with E-state index < -0.39 is 10.0 Å². The number of rotatable bonds is 6. The number of carbonyl (C=O) groups excluding carboxylic acids is 1. The fourth-order valence-corrected chi connectivity index (χ4v) is 4.32. The van der Waals surface area contributed by atoms with E-state index in [-0.39, 0.29) is 10.8 Å². The first-order valence-electron chi connectivity index (χ1n) is 8.93. The Labute approximate surface area is 155 Å². The summed E-state index contributed by atoms with van der Waals surface area (Å²) in [7, 11) is -3.66. The first-order chi connectivity index (χ1) is 12.4. The number of carbonyl (C=O) groups is 1. The Morgan fingerprint density at radius 2 is 1.88 bits per heavy atom. The van der Waals surface area contributed by atoms with E-state index in [1.165, 1.54) is 12.5 Å². The molecule has 2 aromatic carbocycles. The minimum absolute atomic E-state index is 0.0272. The Morgan fingerprint density at radius 1 is 1.15 bits per heavy atom. The predicted octanol–water partition coefficient (Wildman–Crippen LogP) is 3.74. The van der Waals surface area contributed by atoms with Crippen LogP contribution in [0.1, 0.15) is 37.8 Å². The van der Waals surface area contributed by atoms with Gasteiger partial charge in [-0.15, -0.1) is 0 Å². The van der Waals surface area contributed by atoms with Crippen LogP contribution in [0, 0.1) is 0 Å². The summed E-state index contributed by atoms with van der Waals surface area (Å²) in [5.74, 6) is -0.0272. The van der Waals surface area contributed by atoms with Crippen LogP contribution in [0.25, 0.3) is 0 Å². The Balaban J connectivity index is 1.77. The van der Waals surface area contributed by atoms with E-state index in [4.69, 9.17) is 0 Å². The summed E-state index contributed by atoms with van der Waals surface area (Å²) in [4.78, 5) is 13.5. The van der Waals surface area contributed by atoms with Gasteiger partial charge in [-0.3, -0.25) is 9.52 Å². The zero-order chi connectivity index (χ0) is 18.7. The molecule has 0 saturated heterocycles. The first-order valence-corrected chi connectivity index (χ1v) is 10.4. The van der Waals surface area contributed by atoms with Crippen molar-refractivity contribution < 1.29 is 13.2 Å². The Bertz CT molecular complexity index is 905. The lowest BCUT2D eigenvalue weighted by atomic mass is 10.1. The molecule has 0 unspecified atom stereocenters. The average Bonchev–Trinajstić information content (AvgIpc) is 3.04. The number of aryl methyl sites for hydroxylation is 1. The SMILES string of the molecule is CCCCc1ccc(NS(=O)(=O)c2ccc3c(c2)CCN3C(C)=O)cc1. The minimum Gasteiger partial charge on any atom is -0.312 e. The number of fused-ring (bicyclic) bond motifs is 1. The number of unbranched alkanes of at least 4 members (excludes halogenated alkanes) is 1. The van der Waals surface area contributed by atoms with E-state index in [0.29, 0.717) is 18.7 Å². The molecule has 1 N–H and O–H groups in total. The molecule has 0 radical (unpaired) electrons. The molecule has 1 heterocycles. The number of sulfonamides is 1. The largest absolute Gasteiger partial charge is 0.312 e. The highest BCUT2D eigenvalue weighted by Gasteiger charge is 2.24. The normalized spacial score (nSPS) is 13.5. The zero-order valence-electron chi connectivity index (χ0n) is 15.2. The molecule has 1 amide bonds. The minimum atomic E-state index is -3.66. The number of nitrogens with zero attached hydrogens (tertiary/aromatic N) is 1. The third kappa shape index (κ3) is 3.90. The molecule has 0 bridgehead atoms. The highest BCUT2D eigenvalue weighted by molar-refractivity contribution is 7.92. The second kappa shape index (κ2) is 7.50. The van der Waals surface area contributed by atoms with Gasteiger partial charge in [-0.2, -0.15) is 0 Å². The van der Waals surface area contributed by atoms with Gasteiger partial charge in [-0.05, 0) is 60.7 Å². The summed E-state index contributed by atoms with van der Waals surface area (Å²) in [6.07, 6.45) is 3.93. The van der Waals surface area contributed by atoms with Crippen LogP contribution < -0.4 is 9.62 Å². The molecule has 0 fully saturated rings. The standard InChI is InChI=1S/C20H24N2O3S/c1-3-4-5-16-6-8-18(9-7-16)21-26(24,25)19-10-11-20-17(14-19)12-13-22(20)15(2)23/h6-11,14,21H,3-5,12-13H2,1-2H3. The van der Waals surface area contributed by atoms with Gasteiger partial charge in [0.2, 0.25) is 5.91 Å². The fourth-order valence-electron chi connectivity index (χ4n) is 3.21. The summed E-state index contributed by atoms with van der Waals surface area (Å²) in [6.45, 7) is 4.26. The van der Waals surface area contributed by atoms with Gasteiger partial charge >= 0.3 is 0 Å². The maximum absolute atomic E-state index is 12.7. The number of hydrogen-bond donors (Lipinski definition) is 1. The molecule has 5 nitrogen and oxygen atoms in total. The van der Waals surface area contributed by atoms with Gasteiger partial charge in [0.1, 0.15) is 0 Å². The smallest absolute Gasteiger partial charge is 0.261 e. The summed E-state index contributed by atoms with van der Waals surface area (Å²) >= 11 is 0. The molecule has 0 atom stereocenters. The third-order valence-electron chi connectivity index (χ3n) is 4.66. The zero-order valence-corrected chi connectivity index (χ0v) is 16.0. The first kappa shape index (κ1) is 18.5. The van der Waals surface area contributed by atoms with E-state index in [1.807, 2.05) is 12.1 Å². The van der Waals surface area contributed by atoms with Gasteiger partial charge in [0, 0.05) is 24.8 Å². The van der Waals surface area contributed by atoms with Crippen molar-refractivity contribution in [3.05, 3.63) is 53.6 Å². The molecule has 0 aliphatic carbocycles. The Hall–Kier alpha value is -2.34. The summed E-state index contributed by atoms with van der Waals surface area (Å²) in [5.41, 5.74) is 3.45.